The van der Waals surface area contributed by atoms with Gasteiger partial charge in [0.05, 0.1) is 6.10 Å². The van der Waals surface area contributed by atoms with Crippen molar-refractivity contribution in [1.29, 1.82) is 0 Å². The largest absolute Gasteiger partial charge is 0.388 e. The van der Waals surface area contributed by atoms with Crippen LogP contribution >= 0.6 is 22.9 Å². The van der Waals surface area contributed by atoms with Crippen LogP contribution in [0.5, 0.6) is 0 Å². The first-order valence-corrected chi connectivity index (χ1v) is 5.24. The first-order valence-electron chi connectivity index (χ1n) is 4.04. The minimum absolute atomic E-state index is 0.409. The van der Waals surface area contributed by atoms with Gasteiger partial charge in [-0.15, -0.1) is 11.3 Å². The Balaban J connectivity index is 2.68. The molecule has 68 valence electrons. The van der Waals surface area contributed by atoms with E-state index in [2.05, 4.69) is 0 Å². The molecule has 1 heterocycles. The number of aliphatic hydroxyl groups excluding tert-OH is 1. The molecule has 0 spiro atoms. The Labute approximate surface area is 85.6 Å². The van der Waals surface area contributed by atoms with Gasteiger partial charge >= 0.3 is 0 Å². The van der Waals surface area contributed by atoms with Crippen molar-refractivity contribution in [2.75, 3.05) is 0 Å². The molecule has 0 fully saturated rings. The van der Waals surface area contributed by atoms with E-state index < -0.39 is 6.10 Å². The summed E-state index contributed by atoms with van der Waals surface area (Å²) in [5.74, 6) is 0. The first kappa shape index (κ1) is 9.00. The molecule has 0 saturated heterocycles. The van der Waals surface area contributed by atoms with Crippen molar-refractivity contribution in [3.63, 3.8) is 0 Å². The molecule has 0 aliphatic rings. The van der Waals surface area contributed by atoms with Crippen LogP contribution in [0.1, 0.15) is 17.9 Å². The standard InChI is InChI=1S/C10H9ClOS/c1-6(12)10-5-7-8(11)3-2-4-9(7)13-10/h2-6,12H,1H3. The van der Waals surface area contributed by atoms with Gasteiger partial charge in [-0.2, -0.15) is 0 Å². The molecular weight excluding hydrogens is 204 g/mol. The molecule has 13 heavy (non-hydrogen) atoms. The highest BCUT2D eigenvalue weighted by Crippen LogP contribution is 2.33. The summed E-state index contributed by atoms with van der Waals surface area (Å²) in [7, 11) is 0. The summed E-state index contributed by atoms with van der Waals surface area (Å²) >= 11 is 7.59. The SMILES string of the molecule is CC(O)c1cc2c(Cl)cccc2s1. The minimum Gasteiger partial charge on any atom is -0.388 e. The number of fused-ring (bicyclic) bond motifs is 1. The van der Waals surface area contributed by atoms with Gasteiger partial charge in [-0.1, -0.05) is 17.7 Å². The van der Waals surface area contributed by atoms with Crippen molar-refractivity contribution in [2.24, 2.45) is 0 Å². The second-order valence-electron chi connectivity index (χ2n) is 2.98. The summed E-state index contributed by atoms with van der Waals surface area (Å²) in [6.07, 6.45) is -0.409. The molecule has 0 amide bonds. The average molecular weight is 213 g/mol. The van der Waals surface area contributed by atoms with Gasteiger partial charge < -0.3 is 5.11 Å². The smallest absolute Gasteiger partial charge is 0.0854 e. The summed E-state index contributed by atoms with van der Waals surface area (Å²) in [6, 6.07) is 7.75. The zero-order chi connectivity index (χ0) is 9.42. The number of benzene rings is 1. The lowest BCUT2D eigenvalue weighted by molar-refractivity contribution is 0.203. The third-order valence-electron chi connectivity index (χ3n) is 1.94. The number of rotatable bonds is 1. The third kappa shape index (κ3) is 1.57. The molecule has 0 saturated carbocycles. The van der Waals surface area contributed by atoms with Crippen molar-refractivity contribution in [1.82, 2.24) is 0 Å². The molecule has 0 radical (unpaired) electrons. The summed E-state index contributed by atoms with van der Waals surface area (Å²) in [4.78, 5) is 0.961. The fourth-order valence-electron chi connectivity index (χ4n) is 1.25. The predicted octanol–water partition coefficient (Wildman–Crippen LogP) is 3.61. The lowest BCUT2D eigenvalue weighted by Crippen LogP contribution is -1.83. The number of aliphatic hydroxyl groups is 1. The Hall–Kier alpha value is -0.570. The summed E-state index contributed by atoms with van der Waals surface area (Å²) in [5, 5.41) is 11.2. The number of halogens is 1. The van der Waals surface area contributed by atoms with Crippen LogP contribution in [0.3, 0.4) is 0 Å². The van der Waals surface area contributed by atoms with E-state index in [1.165, 1.54) is 0 Å². The van der Waals surface area contributed by atoms with Crippen molar-refractivity contribution in [3.05, 3.63) is 34.2 Å². The van der Waals surface area contributed by atoms with E-state index in [4.69, 9.17) is 11.6 Å². The predicted molar refractivity (Wildman–Crippen MR) is 57.5 cm³/mol. The molecule has 1 nitrogen and oxygen atoms in total. The first-order chi connectivity index (χ1) is 6.18. The number of thiophene rings is 1. The van der Waals surface area contributed by atoms with E-state index in [0.717, 1.165) is 20.0 Å². The van der Waals surface area contributed by atoms with E-state index >= 15 is 0 Å². The quantitative estimate of drug-likeness (QED) is 0.766. The maximum Gasteiger partial charge on any atom is 0.0854 e. The number of hydrogen-bond donors (Lipinski definition) is 1. The highest BCUT2D eigenvalue weighted by atomic mass is 35.5. The zero-order valence-corrected chi connectivity index (χ0v) is 8.69. The summed E-state index contributed by atoms with van der Waals surface area (Å²) < 4.78 is 1.13. The van der Waals surface area contributed by atoms with Gasteiger partial charge in [-0.3, -0.25) is 0 Å². The van der Waals surface area contributed by atoms with Crippen molar-refractivity contribution in [2.45, 2.75) is 13.0 Å². The van der Waals surface area contributed by atoms with Crippen molar-refractivity contribution in [3.8, 4) is 0 Å². The maximum absolute atomic E-state index is 9.38. The van der Waals surface area contributed by atoms with Gasteiger partial charge in [0.25, 0.3) is 0 Å². The molecule has 2 aromatic rings. The highest BCUT2D eigenvalue weighted by Gasteiger charge is 2.07. The van der Waals surface area contributed by atoms with Crippen LogP contribution in [0.15, 0.2) is 24.3 Å². The van der Waals surface area contributed by atoms with Gasteiger partial charge in [-0.25, -0.2) is 0 Å². The van der Waals surface area contributed by atoms with Crippen LogP contribution in [0, 0.1) is 0 Å². The zero-order valence-electron chi connectivity index (χ0n) is 7.12. The van der Waals surface area contributed by atoms with E-state index in [9.17, 15) is 5.11 Å². The van der Waals surface area contributed by atoms with Gasteiger partial charge in [0.1, 0.15) is 0 Å². The number of hydrogen-bond acceptors (Lipinski definition) is 2. The molecule has 1 aromatic carbocycles. The summed E-state index contributed by atoms with van der Waals surface area (Å²) in [5.41, 5.74) is 0. The van der Waals surface area contributed by atoms with E-state index in [-0.39, 0.29) is 0 Å². The maximum atomic E-state index is 9.38. The normalized spacial score (nSPS) is 13.5. The molecule has 2 rings (SSSR count). The monoisotopic (exact) mass is 212 g/mol. The molecule has 0 aliphatic heterocycles. The second-order valence-corrected chi connectivity index (χ2v) is 4.50. The molecule has 0 aliphatic carbocycles. The van der Waals surface area contributed by atoms with Crippen LogP contribution in [0.25, 0.3) is 10.1 Å². The third-order valence-corrected chi connectivity index (χ3v) is 3.54. The molecule has 1 N–H and O–H groups in total. The molecule has 0 bridgehead atoms. The van der Waals surface area contributed by atoms with Gasteiger partial charge in [0, 0.05) is 20.0 Å². The van der Waals surface area contributed by atoms with Gasteiger partial charge in [0.2, 0.25) is 0 Å². The van der Waals surface area contributed by atoms with Gasteiger partial charge in [-0.05, 0) is 25.1 Å². The lowest BCUT2D eigenvalue weighted by atomic mass is 10.2. The molecule has 3 heteroatoms. The Kier molecular flexibility index (Phi) is 2.28. The summed E-state index contributed by atoms with van der Waals surface area (Å²) in [6.45, 7) is 1.76. The van der Waals surface area contributed by atoms with Crippen LogP contribution in [0.4, 0.5) is 0 Å². The minimum atomic E-state index is -0.409. The van der Waals surface area contributed by atoms with E-state index in [1.54, 1.807) is 18.3 Å². The van der Waals surface area contributed by atoms with Crippen molar-refractivity contribution < 1.29 is 5.11 Å². The van der Waals surface area contributed by atoms with E-state index in [1.807, 2.05) is 24.3 Å². The molecular formula is C10H9ClOS. The Morgan fingerprint density at radius 2 is 2.23 bits per heavy atom. The second kappa shape index (κ2) is 3.29. The molecule has 1 unspecified atom stereocenters. The lowest BCUT2D eigenvalue weighted by Gasteiger charge is -1.95. The average Bonchev–Trinajstić information content (AvgIpc) is 2.49. The van der Waals surface area contributed by atoms with Gasteiger partial charge in [0.15, 0.2) is 0 Å². The Bertz CT molecular complexity index is 433. The van der Waals surface area contributed by atoms with Crippen LogP contribution in [-0.4, -0.2) is 5.11 Å². The van der Waals surface area contributed by atoms with Crippen molar-refractivity contribution >= 4 is 33.0 Å². The Morgan fingerprint density at radius 1 is 1.46 bits per heavy atom. The van der Waals surface area contributed by atoms with E-state index in [0.29, 0.717) is 0 Å². The Morgan fingerprint density at radius 3 is 2.85 bits per heavy atom. The van der Waals surface area contributed by atoms with Crippen LogP contribution in [0.2, 0.25) is 5.02 Å². The fraction of sp³-hybridized carbons (Fsp3) is 0.200. The molecule has 1 aromatic heterocycles. The van der Waals surface area contributed by atoms with Crippen LogP contribution in [-0.2, 0) is 0 Å². The topological polar surface area (TPSA) is 20.2 Å². The van der Waals surface area contributed by atoms with Crippen LogP contribution < -0.4 is 0 Å². The highest BCUT2D eigenvalue weighted by molar-refractivity contribution is 7.19. The fourth-order valence-corrected chi connectivity index (χ4v) is 2.56. The molecule has 1 atom stereocenters.